The molecule has 1 aliphatic rings. The Morgan fingerprint density at radius 1 is 1.38 bits per heavy atom. The molecule has 2 rings (SSSR count). The highest BCUT2D eigenvalue weighted by Crippen LogP contribution is 2.35. The second-order valence-corrected chi connectivity index (χ2v) is 8.54. The molecule has 1 saturated carbocycles. The monoisotopic (exact) mass is 357 g/mol. The van der Waals surface area contributed by atoms with Crippen molar-refractivity contribution in [3.05, 3.63) is 16.8 Å². The summed E-state index contributed by atoms with van der Waals surface area (Å²) in [4.78, 5) is 12.5. The summed E-state index contributed by atoms with van der Waals surface area (Å²) in [6, 6.07) is 0. The molecule has 0 radical (unpaired) electrons. The molecular formula is C16H28BrN3O. The second-order valence-electron chi connectivity index (χ2n) is 7.24. The van der Waals surface area contributed by atoms with Crippen LogP contribution in [0.25, 0.3) is 0 Å². The lowest BCUT2D eigenvalue weighted by molar-refractivity contribution is 0.193. The number of hydrogen-bond donors (Lipinski definition) is 1. The Hall–Kier alpha value is -0.580. The van der Waals surface area contributed by atoms with E-state index < -0.39 is 0 Å². The lowest BCUT2D eigenvalue weighted by Crippen LogP contribution is -2.37. The molecule has 21 heavy (non-hydrogen) atoms. The maximum absolute atomic E-state index is 11.8. The average Bonchev–Trinajstić information content (AvgIpc) is 2.80. The molecule has 1 aromatic heterocycles. The molecule has 0 aliphatic heterocycles. The number of hydrogen-bond acceptors (Lipinski definition) is 2. The van der Waals surface area contributed by atoms with Gasteiger partial charge in [0.05, 0.1) is 0 Å². The van der Waals surface area contributed by atoms with E-state index in [1.165, 1.54) is 38.5 Å². The second kappa shape index (κ2) is 7.12. The Morgan fingerprint density at radius 3 is 2.52 bits per heavy atom. The van der Waals surface area contributed by atoms with Gasteiger partial charge in [-0.05, 0) is 44.9 Å². The van der Waals surface area contributed by atoms with Gasteiger partial charge in [0.1, 0.15) is 6.33 Å². The molecule has 1 aromatic rings. The van der Waals surface area contributed by atoms with E-state index in [4.69, 9.17) is 0 Å². The van der Waals surface area contributed by atoms with Crippen molar-refractivity contribution in [3.8, 4) is 0 Å². The van der Waals surface area contributed by atoms with Gasteiger partial charge in [0.25, 0.3) is 0 Å². The molecule has 1 heterocycles. The average molecular weight is 358 g/mol. The molecule has 1 fully saturated rings. The zero-order chi connectivity index (χ0) is 15.5. The predicted molar refractivity (Wildman–Crippen MR) is 89.9 cm³/mol. The van der Waals surface area contributed by atoms with Crippen LogP contribution in [0.2, 0.25) is 0 Å². The maximum Gasteiger partial charge on any atom is 0.343 e. The van der Waals surface area contributed by atoms with Gasteiger partial charge < -0.3 is 0 Å². The highest BCUT2D eigenvalue weighted by atomic mass is 79.9. The molecule has 1 N–H and O–H groups in total. The normalized spacial score (nSPS) is 26.1. The van der Waals surface area contributed by atoms with E-state index in [2.05, 4.69) is 46.9 Å². The van der Waals surface area contributed by atoms with Crippen molar-refractivity contribution in [3.63, 3.8) is 0 Å². The van der Waals surface area contributed by atoms with Gasteiger partial charge in [0.15, 0.2) is 0 Å². The highest BCUT2D eigenvalue weighted by molar-refractivity contribution is 9.09. The zero-order valence-corrected chi connectivity index (χ0v) is 15.0. The van der Waals surface area contributed by atoms with Crippen LogP contribution in [0.4, 0.5) is 0 Å². The van der Waals surface area contributed by atoms with Gasteiger partial charge in [-0.2, -0.15) is 5.10 Å². The lowest BCUT2D eigenvalue weighted by atomic mass is 9.77. The van der Waals surface area contributed by atoms with E-state index in [9.17, 15) is 4.79 Å². The van der Waals surface area contributed by atoms with Crippen LogP contribution in [0.3, 0.4) is 0 Å². The minimum Gasteiger partial charge on any atom is -0.276 e. The van der Waals surface area contributed by atoms with Gasteiger partial charge in [-0.15, -0.1) is 0 Å². The molecule has 0 aromatic carbocycles. The van der Waals surface area contributed by atoms with Crippen molar-refractivity contribution in [2.75, 3.05) is 0 Å². The minimum atomic E-state index is -0.177. The first-order valence-electron chi connectivity index (χ1n) is 8.17. The Balaban J connectivity index is 1.98. The van der Waals surface area contributed by atoms with Crippen molar-refractivity contribution >= 4 is 15.9 Å². The van der Waals surface area contributed by atoms with Crippen LogP contribution in [0, 0.1) is 11.8 Å². The number of halogens is 1. The summed E-state index contributed by atoms with van der Waals surface area (Å²) in [7, 11) is 0. The van der Waals surface area contributed by atoms with Crippen LogP contribution in [0.15, 0.2) is 11.1 Å². The number of nitrogens with zero attached hydrogens (tertiary/aromatic N) is 2. The maximum atomic E-state index is 11.8. The standard InChI is InChI=1S/C16H28BrN3O/c1-12(13-6-4-8-14(17)9-5-7-13)10-16(2,3)20-11-18-19-15(20)21/h11-14H,4-10H2,1-3H3,(H,19,21). The molecular weight excluding hydrogens is 330 g/mol. The fraction of sp³-hybridized carbons (Fsp3) is 0.875. The first kappa shape index (κ1) is 16.8. The number of nitrogens with one attached hydrogen (secondary N) is 1. The molecule has 120 valence electrons. The van der Waals surface area contributed by atoms with Crippen molar-refractivity contribution < 1.29 is 0 Å². The van der Waals surface area contributed by atoms with Gasteiger partial charge in [-0.1, -0.05) is 48.5 Å². The van der Waals surface area contributed by atoms with Gasteiger partial charge in [-0.3, -0.25) is 4.57 Å². The smallest absolute Gasteiger partial charge is 0.276 e. The molecule has 1 unspecified atom stereocenters. The van der Waals surface area contributed by atoms with E-state index in [0.29, 0.717) is 5.92 Å². The van der Waals surface area contributed by atoms with Gasteiger partial charge in [-0.25, -0.2) is 9.89 Å². The van der Waals surface area contributed by atoms with Gasteiger partial charge >= 0.3 is 5.69 Å². The SMILES string of the molecule is CC(CC(C)(C)n1cn[nH]c1=O)C1CCCC(Br)CCC1. The molecule has 4 nitrogen and oxygen atoms in total. The molecule has 0 amide bonds. The minimum absolute atomic E-state index is 0.105. The summed E-state index contributed by atoms with van der Waals surface area (Å²) in [5, 5.41) is 6.37. The van der Waals surface area contributed by atoms with E-state index in [0.717, 1.165) is 17.2 Å². The fourth-order valence-corrected chi connectivity index (χ4v) is 4.44. The Labute approximate surface area is 135 Å². The number of H-pyrrole nitrogens is 1. The van der Waals surface area contributed by atoms with E-state index in [-0.39, 0.29) is 11.2 Å². The van der Waals surface area contributed by atoms with Crippen LogP contribution in [0.5, 0.6) is 0 Å². The highest BCUT2D eigenvalue weighted by Gasteiger charge is 2.29. The quantitative estimate of drug-likeness (QED) is 0.825. The fourth-order valence-electron chi connectivity index (χ4n) is 3.79. The van der Waals surface area contributed by atoms with Crippen molar-refractivity contribution in [1.82, 2.24) is 14.8 Å². The summed E-state index contributed by atoms with van der Waals surface area (Å²) in [5.41, 5.74) is -0.281. The van der Waals surface area contributed by atoms with Crippen LogP contribution in [0.1, 0.15) is 65.7 Å². The van der Waals surface area contributed by atoms with Crippen LogP contribution < -0.4 is 5.69 Å². The number of aromatic amines is 1. The van der Waals surface area contributed by atoms with E-state index >= 15 is 0 Å². The summed E-state index contributed by atoms with van der Waals surface area (Å²) in [6.07, 6.45) is 10.5. The molecule has 1 aliphatic carbocycles. The molecule has 1 atom stereocenters. The summed E-state index contributed by atoms with van der Waals surface area (Å²) < 4.78 is 1.74. The van der Waals surface area contributed by atoms with Gasteiger partial charge in [0.2, 0.25) is 0 Å². The third kappa shape index (κ3) is 4.44. The molecule has 0 bridgehead atoms. The van der Waals surface area contributed by atoms with Crippen molar-refractivity contribution in [2.45, 2.75) is 76.1 Å². The number of rotatable bonds is 4. The van der Waals surface area contributed by atoms with Gasteiger partial charge in [0, 0.05) is 10.4 Å². The number of aromatic nitrogens is 3. The largest absolute Gasteiger partial charge is 0.343 e. The van der Waals surface area contributed by atoms with Crippen molar-refractivity contribution in [1.29, 1.82) is 0 Å². The summed E-state index contributed by atoms with van der Waals surface area (Å²) in [6.45, 7) is 6.63. The predicted octanol–water partition coefficient (Wildman–Crippen LogP) is 4.07. The van der Waals surface area contributed by atoms with E-state index in [1.54, 1.807) is 10.9 Å². The van der Waals surface area contributed by atoms with Crippen LogP contribution in [-0.4, -0.2) is 19.6 Å². The Kier molecular flexibility index (Phi) is 5.69. The van der Waals surface area contributed by atoms with Crippen LogP contribution >= 0.6 is 15.9 Å². The summed E-state index contributed by atoms with van der Waals surface area (Å²) >= 11 is 3.76. The third-order valence-electron chi connectivity index (χ3n) is 5.02. The van der Waals surface area contributed by atoms with E-state index in [1.807, 2.05) is 0 Å². The Bertz CT molecular complexity index is 484. The molecule has 0 saturated heterocycles. The zero-order valence-electron chi connectivity index (χ0n) is 13.4. The Morgan fingerprint density at radius 2 is 2.00 bits per heavy atom. The molecule has 5 heteroatoms. The summed E-state index contributed by atoms with van der Waals surface area (Å²) in [5.74, 6) is 1.42. The van der Waals surface area contributed by atoms with Crippen LogP contribution in [-0.2, 0) is 5.54 Å². The molecule has 0 spiro atoms. The third-order valence-corrected chi connectivity index (χ3v) is 5.93. The van der Waals surface area contributed by atoms with Crippen molar-refractivity contribution in [2.24, 2.45) is 11.8 Å². The first-order chi connectivity index (χ1) is 9.90. The lowest BCUT2D eigenvalue weighted by Gasteiger charge is -2.33. The first-order valence-corrected chi connectivity index (χ1v) is 9.08. The number of alkyl halides is 1. The topological polar surface area (TPSA) is 50.7 Å².